The van der Waals surface area contributed by atoms with Crippen LogP contribution in [-0.2, 0) is 15.3 Å². The number of carbonyl (C=O) groups excluding carboxylic acids is 2. The van der Waals surface area contributed by atoms with Crippen LogP contribution >= 0.6 is 23.1 Å². The van der Waals surface area contributed by atoms with E-state index in [1.807, 2.05) is 29.6 Å². The molecule has 1 aromatic carbocycles. The zero-order valence-corrected chi connectivity index (χ0v) is 13.8. The van der Waals surface area contributed by atoms with Gasteiger partial charge in [0, 0.05) is 22.1 Å². The van der Waals surface area contributed by atoms with E-state index in [9.17, 15) is 9.59 Å². The van der Waals surface area contributed by atoms with Crippen molar-refractivity contribution in [1.29, 1.82) is 0 Å². The van der Waals surface area contributed by atoms with Crippen LogP contribution in [0.2, 0.25) is 0 Å². The number of hydrogen-bond acceptors (Lipinski definition) is 5. The number of methoxy groups -OCH3 is 1. The van der Waals surface area contributed by atoms with Crippen LogP contribution in [0, 0.1) is 0 Å². The highest BCUT2D eigenvalue weighted by Gasteiger charge is 2.12. The van der Waals surface area contributed by atoms with Gasteiger partial charge in [-0.25, -0.2) is 0 Å². The minimum absolute atomic E-state index is 0.168. The highest BCUT2D eigenvalue weighted by molar-refractivity contribution is 7.98. The third kappa shape index (κ3) is 4.89. The Hall–Kier alpha value is -1.79. The van der Waals surface area contributed by atoms with Gasteiger partial charge >= 0.3 is 5.97 Å². The van der Waals surface area contributed by atoms with Crippen LogP contribution in [0.15, 0.2) is 46.7 Å². The molecular weight excluding hydrogens is 318 g/mol. The van der Waals surface area contributed by atoms with Crippen LogP contribution in [0.5, 0.6) is 0 Å². The molecule has 0 spiro atoms. The van der Waals surface area contributed by atoms with E-state index in [2.05, 4.69) is 16.1 Å². The van der Waals surface area contributed by atoms with Gasteiger partial charge in [0.25, 0.3) is 5.91 Å². The van der Waals surface area contributed by atoms with Crippen LogP contribution < -0.4 is 5.32 Å². The van der Waals surface area contributed by atoms with Crippen molar-refractivity contribution in [3.8, 4) is 0 Å². The number of amides is 1. The van der Waals surface area contributed by atoms with Gasteiger partial charge in [-0.2, -0.15) is 0 Å². The summed E-state index contributed by atoms with van der Waals surface area (Å²) in [5.74, 6) is 0.336. The number of hydrogen-bond donors (Lipinski definition) is 1. The van der Waals surface area contributed by atoms with Gasteiger partial charge in [-0.1, -0.05) is 18.2 Å². The maximum Gasteiger partial charge on any atom is 0.307 e. The first-order chi connectivity index (χ1) is 10.7. The molecule has 1 aromatic heterocycles. The average Bonchev–Trinajstić information content (AvgIpc) is 3.06. The van der Waals surface area contributed by atoms with Crippen molar-refractivity contribution in [2.24, 2.45) is 0 Å². The summed E-state index contributed by atoms with van der Waals surface area (Å²) in [6, 6.07) is 11.6. The molecule has 0 bridgehead atoms. The molecule has 0 atom stereocenters. The van der Waals surface area contributed by atoms with Crippen molar-refractivity contribution in [1.82, 2.24) is 5.32 Å². The number of esters is 1. The Morgan fingerprint density at radius 2 is 2.05 bits per heavy atom. The Balaban J connectivity index is 1.94. The molecular formula is C16H17NO3S2. The van der Waals surface area contributed by atoms with Gasteiger partial charge in [0.15, 0.2) is 0 Å². The molecule has 0 saturated carbocycles. The Kier molecular flexibility index (Phi) is 6.48. The monoisotopic (exact) mass is 335 g/mol. The summed E-state index contributed by atoms with van der Waals surface area (Å²) >= 11 is 3.34. The van der Waals surface area contributed by atoms with Crippen molar-refractivity contribution in [2.45, 2.75) is 17.1 Å². The number of rotatable bonds is 7. The molecule has 0 saturated heterocycles. The summed E-state index contributed by atoms with van der Waals surface area (Å²) in [7, 11) is 1.33. The zero-order valence-electron chi connectivity index (χ0n) is 12.2. The van der Waals surface area contributed by atoms with E-state index in [1.165, 1.54) is 12.0 Å². The lowest BCUT2D eigenvalue weighted by molar-refractivity contribution is -0.140. The summed E-state index contributed by atoms with van der Waals surface area (Å²) < 4.78 is 4.55. The quantitative estimate of drug-likeness (QED) is 0.623. The van der Waals surface area contributed by atoms with Crippen LogP contribution in [0.3, 0.4) is 0 Å². The molecule has 0 aliphatic heterocycles. The number of nitrogens with one attached hydrogen (secondary N) is 1. The molecule has 1 N–H and O–H groups in total. The van der Waals surface area contributed by atoms with Gasteiger partial charge in [0.05, 0.1) is 19.1 Å². The number of benzene rings is 1. The standard InChI is InChI=1S/C16H17NO3S2/c1-20-15(18)8-9-17-16(19)13-6-2-3-7-14(13)22-11-12-5-4-10-21-12/h2-7,10H,8-9,11H2,1H3,(H,17,19). The third-order valence-electron chi connectivity index (χ3n) is 2.92. The highest BCUT2D eigenvalue weighted by atomic mass is 32.2. The maximum absolute atomic E-state index is 12.2. The van der Waals surface area contributed by atoms with Gasteiger partial charge in [0.1, 0.15) is 0 Å². The molecule has 4 nitrogen and oxygen atoms in total. The number of thiophene rings is 1. The number of thioether (sulfide) groups is 1. The van der Waals surface area contributed by atoms with E-state index in [-0.39, 0.29) is 24.8 Å². The van der Waals surface area contributed by atoms with E-state index in [0.29, 0.717) is 5.56 Å². The van der Waals surface area contributed by atoms with Crippen LogP contribution in [-0.4, -0.2) is 25.5 Å². The molecule has 2 rings (SSSR count). The minimum Gasteiger partial charge on any atom is -0.469 e. The van der Waals surface area contributed by atoms with Crippen LogP contribution in [0.1, 0.15) is 21.7 Å². The lowest BCUT2D eigenvalue weighted by atomic mass is 10.2. The first kappa shape index (κ1) is 16.6. The summed E-state index contributed by atoms with van der Waals surface area (Å²) in [6.45, 7) is 0.273. The van der Waals surface area contributed by atoms with Crippen LogP contribution in [0.4, 0.5) is 0 Å². The zero-order chi connectivity index (χ0) is 15.8. The first-order valence-corrected chi connectivity index (χ1v) is 8.66. The number of ether oxygens (including phenoxy) is 1. The van der Waals surface area contributed by atoms with E-state index < -0.39 is 0 Å². The average molecular weight is 335 g/mol. The third-order valence-corrected chi connectivity index (χ3v) is 5.11. The molecule has 116 valence electrons. The second kappa shape index (κ2) is 8.60. The summed E-state index contributed by atoms with van der Waals surface area (Å²) in [5.41, 5.74) is 0.633. The smallest absolute Gasteiger partial charge is 0.307 e. The second-order valence-corrected chi connectivity index (χ2v) is 6.50. The summed E-state index contributed by atoms with van der Waals surface area (Å²) in [5, 5.41) is 4.79. The van der Waals surface area contributed by atoms with Gasteiger partial charge < -0.3 is 10.1 Å². The topological polar surface area (TPSA) is 55.4 Å². The first-order valence-electron chi connectivity index (χ1n) is 6.80. The van der Waals surface area contributed by atoms with Crippen molar-refractivity contribution >= 4 is 35.0 Å². The Bertz CT molecular complexity index is 626. The van der Waals surface area contributed by atoms with Gasteiger partial charge in [-0.05, 0) is 23.6 Å². The Labute approximate surface area is 137 Å². The highest BCUT2D eigenvalue weighted by Crippen LogP contribution is 2.27. The van der Waals surface area contributed by atoms with Gasteiger partial charge in [-0.15, -0.1) is 23.1 Å². The van der Waals surface area contributed by atoms with Crippen molar-refractivity contribution in [3.05, 3.63) is 52.2 Å². The lowest BCUT2D eigenvalue weighted by Crippen LogP contribution is -2.26. The molecule has 0 aliphatic carbocycles. The Morgan fingerprint density at radius 3 is 2.77 bits per heavy atom. The van der Waals surface area contributed by atoms with Crippen molar-refractivity contribution < 1.29 is 14.3 Å². The molecule has 0 fully saturated rings. The molecule has 1 amide bonds. The molecule has 0 radical (unpaired) electrons. The largest absolute Gasteiger partial charge is 0.469 e. The molecule has 0 unspecified atom stereocenters. The molecule has 22 heavy (non-hydrogen) atoms. The van der Waals surface area contributed by atoms with E-state index >= 15 is 0 Å². The fourth-order valence-corrected chi connectivity index (χ4v) is 3.62. The van der Waals surface area contributed by atoms with E-state index in [1.54, 1.807) is 29.2 Å². The molecule has 6 heteroatoms. The predicted molar refractivity (Wildman–Crippen MR) is 89.3 cm³/mol. The van der Waals surface area contributed by atoms with Crippen LogP contribution in [0.25, 0.3) is 0 Å². The second-order valence-electron chi connectivity index (χ2n) is 4.45. The van der Waals surface area contributed by atoms with E-state index in [4.69, 9.17) is 0 Å². The van der Waals surface area contributed by atoms with E-state index in [0.717, 1.165) is 10.6 Å². The Morgan fingerprint density at radius 1 is 1.23 bits per heavy atom. The predicted octanol–water partition coefficient (Wildman–Crippen LogP) is 3.33. The fourth-order valence-electron chi connectivity index (χ4n) is 1.80. The minimum atomic E-state index is -0.333. The number of carbonyl (C=O) groups is 2. The van der Waals surface area contributed by atoms with Gasteiger partial charge in [0.2, 0.25) is 0 Å². The normalized spacial score (nSPS) is 10.2. The molecule has 0 aliphatic rings. The van der Waals surface area contributed by atoms with Gasteiger partial charge in [-0.3, -0.25) is 9.59 Å². The fraction of sp³-hybridized carbons (Fsp3) is 0.250. The summed E-state index contributed by atoms with van der Waals surface area (Å²) in [6.07, 6.45) is 0.173. The maximum atomic E-state index is 12.2. The summed E-state index contributed by atoms with van der Waals surface area (Å²) in [4.78, 5) is 25.5. The molecule has 1 heterocycles. The van der Waals surface area contributed by atoms with Crippen molar-refractivity contribution in [2.75, 3.05) is 13.7 Å². The van der Waals surface area contributed by atoms with Crippen molar-refractivity contribution in [3.63, 3.8) is 0 Å². The molecule has 2 aromatic rings. The SMILES string of the molecule is COC(=O)CCNC(=O)c1ccccc1SCc1cccs1. The lowest BCUT2D eigenvalue weighted by Gasteiger charge is -2.09.